The number of aromatic nitrogens is 1. The van der Waals surface area contributed by atoms with Gasteiger partial charge in [0.15, 0.2) is 0 Å². The molecule has 2 rings (SSSR count). The third kappa shape index (κ3) is 1.92. The maximum atomic E-state index is 4.11. The summed E-state index contributed by atoms with van der Waals surface area (Å²) in [6.07, 6.45) is 4.68. The van der Waals surface area contributed by atoms with E-state index in [0.717, 1.165) is 18.6 Å². The Kier molecular flexibility index (Phi) is 2.65. The zero-order valence-electron chi connectivity index (χ0n) is 8.23. The average Bonchev–Trinajstić information content (AvgIpc) is 2.70. The highest BCUT2D eigenvalue weighted by Crippen LogP contribution is 2.26. The van der Waals surface area contributed by atoms with Gasteiger partial charge in [-0.15, -0.1) is 11.3 Å². The number of hydrogen-bond acceptors (Lipinski definition) is 3. The van der Waals surface area contributed by atoms with E-state index in [2.05, 4.69) is 23.7 Å². The molecule has 2 unspecified atom stereocenters. The Morgan fingerprint density at radius 3 is 2.69 bits per heavy atom. The lowest BCUT2D eigenvalue weighted by Gasteiger charge is -2.24. The van der Waals surface area contributed by atoms with Crippen LogP contribution in [-0.2, 0) is 6.54 Å². The normalized spacial score (nSPS) is 29.7. The van der Waals surface area contributed by atoms with E-state index in [1.807, 2.05) is 11.7 Å². The fourth-order valence-corrected chi connectivity index (χ4v) is 2.66. The van der Waals surface area contributed by atoms with Gasteiger partial charge >= 0.3 is 0 Å². The third-order valence-corrected chi connectivity index (χ3v) is 3.72. The van der Waals surface area contributed by atoms with Crippen LogP contribution in [0.3, 0.4) is 0 Å². The molecule has 1 aliphatic rings. The molecule has 1 aliphatic heterocycles. The van der Waals surface area contributed by atoms with Crippen LogP contribution in [0.15, 0.2) is 11.7 Å². The van der Waals surface area contributed by atoms with Gasteiger partial charge < -0.3 is 0 Å². The van der Waals surface area contributed by atoms with Gasteiger partial charge in [-0.2, -0.15) is 0 Å². The summed E-state index contributed by atoms with van der Waals surface area (Å²) in [5, 5.41) is 0. The minimum Gasteiger partial charge on any atom is -0.293 e. The van der Waals surface area contributed by atoms with Crippen molar-refractivity contribution in [2.75, 3.05) is 0 Å². The molecule has 0 bridgehead atoms. The molecule has 0 spiro atoms. The van der Waals surface area contributed by atoms with Gasteiger partial charge in [-0.05, 0) is 26.7 Å². The summed E-state index contributed by atoms with van der Waals surface area (Å²) in [6, 6.07) is 1.49. The van der Waals surface area contributed by atoms with E-state index in [1.54, 1.807) is 11.3 Å². The van der Waals surface area contributed by atoms with Crippen molar-refractivity contribution in [2.45, 2.75) is 45.3 Å². The van der Waals surface area contributed by atoms with Gasteiger partial charge in [0, 0.05) is 29.7 Å². The van der Waals surface area contributed by atoms with Gasteiger partial charge in [0.1, 0.15) is 0 Å². The number of likely N-dealkylation sites (tertiary alicyclic amines) is 1. The molecule has 2 heterocycles. The van der Waals surface area contributed by atoms with Gasteiger partial charge in [0.2, 0.25) is 0 Å². The molecule has 0 aliphatic carbocycles. The van der Waals surface area contributed by atoms with Crippen LogP contribution in [0.4, 0.5) is 0 Å². The SMILES string of the molecule is CC1CCC(C)N1Cc1cncs1. The predicted octanol–water partition coefficient (Wildman–Crippen LogP) is 2.52. The topological polar surface area (TPSA) is 16.1 Å². The van der Waals surface area contributed by atoms with Crippen molar-refractivity contribution in [2.24, 2.45) is 0 Å². The summed E-state index contributed by atoms with van der Waals surface area (Å²) >= 11 is 1.76. The number of rotatable bonds is 2. The Morgan fingerprint density at radius 1 is 1.46 bits per heavy atom. The van der Waals surface area contributed by atoms with Gasteiger partial charge in [-0.3, -0.25) is 9.88 Å². The molecule has 1 fully saturated rings. The van der Waals surface area contributed by atoms with E-state index in [-0.39, 0.29) is 0 Å². The van der Waals surface area contributed by atoms with Crippen LogP contribution in [0.2, 0.25) is 0 Å². The fraction of sp³-hybridized carbons (Fsp3) is 0.700. The lowest BCUT2D eigenvalue weighted by Crippen LogP contribution is -2.31. The summed E-state index contributed by atoms with van der Waals surface area (Å²) in [6.45, 7) is 5.74. The smallest absolute Gasteiger partial charge is 0.0794 e. The second-order valence-electron chi connectivity index (χ2n) is 3.92. The zero-order chi connectivity index (χ0) is 9.26. The van der Waals surface area contributed by atoms with Crippen molar-refractivity contribution in [1.29, 1.82) is 0 Å². The highest BCUT2D eigenvalue weighted by Gasteiger charge is 2.27. The summed E-state index contributed by atoms with van der Waals surface area (Å²) in [5.74, 6) is 0. The lowest BCUT2D eigenvalue weighted by molar-refractivity contribution is 0.207. The first-order valence-electron chi connectivity index (χ1n) is 4.90. The van der Waals surface area contributed by atoms with Crippen LogP contribution >= 0.6 is 11.3 Å². The van der Waals surface area contributed by atoms with Crippen LogP contribution in [0.25, 0.3) is 0 Å². The highest BCUT2D eigenvalue weighted by atomic mass is 32.1. The largest absolute Gasteiger partial charge is 0.293 e. The Labute approximate surface area is 83.6 Å². The maximum absolute atomic E-state index is 4.11. The minimum atomic E-state index is 0.747. The van der Waals surface area contributed by atoms with E-state index in [9.17, 15) is 0 Å². The summed E-state index contributed by atoms with van der Waals surface area (Å²) in [4.78, 5) is 8.07. The van der Waals surface area contributed by atoms with Crippen molar-refractivity contribution < 1.29 is 0 Å². The van der Waals surface area contributed by atoms with Crippen molar-refractivity contribution in [3.8, 4) is 0 Å². The average molecular weight is 196 g/mol. The molecule has 3 heteroatoms. The summed E-state index contributed by atoms with van der Waals surface area (Å²) in [7, 11) is 0. The molecule has 2 nitrogen and oxygen atoms in total. The van der Waals surface area contributed by atoms with Gasteiger partial charge in [0.05, 0.1) is 5.51 Å². The van der Waals surface area contributed by atoms with E-state index < -0.39 is 0 Å². The summed E-state index contributed by atoms with van der Waals surface area (Å²) in [5.41, 5.74) is 1.92. The van der Waals surface area contributed by atoms with Crippen LogP contribution in [-0.4, -0.2) is 22.0 Å². The molecule has 1 aromatic heterocycles. The van der Waals surface area contributed by atoms with E-state index in [4.69, 9.17) is 0 Å². The highest BCUT2D eigenvalue weighted by molar-refractivity contribution is 7.09. The van der Waals surface area contributed by atoms with Crippen molar-refractivity contribution in [3.63, 3.8) is 0 Å². The number of thiazole rings is 1. The molecule has 2 atom stereocenters. The molecule has 0 aromatic carbocycles. The lowest BCUT2D eigenvalue weighted by atomic mass is 10.2. The van der Waals surface area contributed by atoms with Gasteiger partial charge in [-0.1, -0.05) is 0 Å². The van der Waals surface area contributed by atoms with Gasteiger partial charge in [-0.25, -0.2) is 0 Å². The van der Waals surface area contributed by atoms with Crippen molar-refractivity contribution in [1.82, 2.24) is 9.88 Å². The number of nitrogens with zero attached hydrogens (tertiary/aromatic N) is 2. The van der Waals surface area contributed by atoms with E-state index in [0.29, 0.717) is 0 Å². The first-order chi connectivity index (χ1) is 6.27. The van der Waals surface area contributed by atoms with Crippen molar-refractivity contribution in [3.05, 3.63) is 16.6 Å². The molecule has 1 aromatic rings. The van der Waals surface area contributed by atoms with Crippen molar-refractivity contribution >= 4 is 11.3 Å². The molecule has 1 saturated heterocycles. The fourth-order valence-electron chi connectivity index (χ4n) is 2.06. The van der Waals surface area contributed by atoms with E-state index in [1.165, 1.54) is 17.7 Å². The Balaban J connectivity index is 2.01. The maximum Gasteiger partial charge on any atom is 0.0794 e. The van der Waals surface area contributed by atoms with Crippen LogP contribution < -0.4 is 0 Å². The van der Waals surface area contributed by atoms with E-state index >= 15 is 0 Å². The minimum absolute atomic E-state index is 0.747. The zero-order valence-corrected chi connectivity index (χ0v) is 9.05. The summed E-state index contributed by atoms with van der Waals surface area (Å²) < 4.78 is 0. The predicted molar refractivity (Wildman–Crippen MR) is 55.8 cm³/mol. The van der Waals surface area contributed by atoms with Crippen LogP contribution in [0.5, 0.6) is 0 Å². The third-order valence-electron chi connectivity index (χ3n) is 2.96. The molecule has 0 N–H and O–H groups in total. The monoisotopic (exact) mass is 196 g/mol. The quantitative estimate of drug-likeness (QED) is 0.722. The Hall–Kier alpha value is -0.410. The van der Waals surface area contributed by atoms with Crippen LogP contribution in [0, 0.1) is 0 Å². The standard InChI is InChI=1S/C10H16N2S/c1-8-3-4-9(2)12(8)6-10-5-11-7-13-10/h5,7-9H,3-4,6H2,1-2H3. The Bertz CT molecular complexity index is 248. The molecule has 0 radical (unpaired) electrons. The molecular weight excluding hydrogens is 180 g/mol. The first-order valence-corrected chi connectivity index (χ1v) is 5.78. The molecule has 0 amide bonds. The Morgan fingerprint density at radius 2 is 2.15 bits per heavy atom. The molecule has 13 heavy (non-hydrogen) atoms. The molecular formula is C10H16N2S. The second-order valence-corrected chi connectivity index (χ2v) is 4.89. The van der Waals surface area contributed by atoms with Crippen LogP contribution in [0.1, 0.15) is 31.6 Å². The van der Waals surface area contributed by atoms with Gasteiger partial charge in [0.25, 0.3) is 0 Å². The molecule has 0 saturated carbocycles. The molecule has 72 valence electrons. The first kappa shape index (κ1) is 9.16. The second kappa shape index (κ2) is 3.76. The number of hydrogen-bond donors (Lipinski definition) is 0.